The zero-order chi connectivity index (χ0) is 25.2. The molecule has 5 aromatic rings. The van der Waals surface area contributed by atoms with Crippen molar-refractivity contribution in [2.24, 2.45) is 0 Å². The minimum atomic E-state index is -0.463. The van der Waals surface area contributed by atoms with Gasteiger partial charge in [-0.25, -0.2) is 4.79 Å². The second-order valence-corrected chi connectivity index (χ2v) is 8.86. The highest BCUT2D eigenvalue weighted by Gasteiger charge is 2.16. The highest BCUT2D eigenvalue weighted by Crippen LogP contribution is 2.30. The van der Waals surface area contributed by atoms with Crippen LogP contribution in [0.25, 0.3) is 33.1 Å². The van der Waals surface area contributed by atoms with Gasteiger partial charge in [0, 0.05) is 10.9 Å². The van der Waals surface area contributed by atoms with Crippen LogP contribution in [0.2, 0.25) is 0 Å². The molecule has 6 nitrogen and oxygen atoms in total. The standard InChI is InChI=1S/C30H24N2O4/c1-4-15-35-23-13-14-26-25(16-23)28(21-11-9-20(10-12-21)19(2)3)31-30(34)32(26)17-22-18-36-27-8-6-5-7-24(27)29(22)33/h1,5-14,16,18-19H,15,17H2,2-3H3. The van der Waals surface area contributed by atoms with E-state index in [4.69, 9.17) is 15.6 Å². The van der Waals surface area contributed by atoms with E-state index >= 15 is 0 Å². The van der Waals surface area contributed by atoms with Crippen LogP contribution in [-0.2, 0) is 6.54 Å². The second kappa shape index (κ2) is 9.55. The van der Waals surface area contributed by atoms with Gasteiger partial charge in [-0.1, -0.05) is 56.2 Å². The number of hydrogen-bond donors (Lipinski definition) is 0. The van der Waals surface area contributed by atoms with E-state index in [1.165, 1.54) is 16.4 Å². The Morgan fingerprint density at radius 2 is 1.81 bits per heavy atom. The van der Waals surface area contributed by atoms with Gasteiger partial charge in [0.2, 0.25) is 0 Å². The molecule has 0 N–H and O–H groups in total. The highest BCUT2D eigenvalue weighted by atomic mass is 16.5. The topological polar surface area (TPSA) is 74.3 Å². The van der Waals surface area contributed by atoms with Crippen LogP contribution in [0.4, 0.5) is 0 Å². The molecule has 0 aliphatic rings. The number of para-hydroxylation sites is 1. The fraction of sp³-hybridized carbons (Fsp3) is 0.167. The molecule has 0 amide bonds. The van der Waals surface area contributed by atoms with Gasteiger partial charge in [-0.2, -0.15) is 4.98 Å². The Morgan fingerprint density at radius 1 is 1.03 bits per heavy atom. The molecule has 0 unspecified atom stereocenters. The van der Waals surface area contributed by atoms with E-state index in [-0.39, 0.29) is 18.6 Å². The Kier molecular flexibility index (Phi) is 6.14. The fourth-order valence-corrected chi connectivity index (χ4v) is 4.27. The summed E-state index contributed by atoms with van der Waals surface area (Å²) in [5.74, 6) is 3.41. The van der Waals surface area contributed by atoms with Crippen molar-refractivity contribution in [3.63, 3.8) is 0 Å². The summed E-state index contributed by atoms with van der Waals surface area (Å²) in [7, 11) is 0. The summed E-state index contributed by atoms with van der Waals surface area (Å²) < 4.78 is 12.8. The third-order valence-electron chi connectivity index (χ3n) is 6.21. The molecule has 178 valence electrons. The maximum Gasteiger partial charge on any atom is 0.348 e. The van der Waals surface area contributed by atoms with Crippen molar-refractivity contribution in [3.8, 4) is 29.4 Å². The van der Waals surface area contributed by atoms with Gasteiger partial charge >= 0.3 is 5.69 Å². The van der Waals surface area contributed by atoms with E-state index in [1.807, 2.05) is 30.3 Å². The lowest BCUT2D eigenvalue weighted by atomic mass is 9.99. The monoisotopic (exact) mass is 476 g/mol. The number of nitrogens with zero attached hydrogens (tertiary/aromatic N) is 2. The molecular weight excluding hydrogens is 452 g/mol. The van der Waals surface area contributed by atoms with Gasteiger partial charge in [0.1, 0.15) is 17.9 Å². The van der Waals surface area contributed by atoms with Crippen molar-refractivity contribution in [1.29, 1.82) is 0 Å². The first-order chi connectivity index (χ1) is 17.5. The van der Waals surface area contributed by atoms with E-state index in [1.54, 1.807) is 36.4 Å². The average Bonchev–Trinajstić information content (AvgIpc) is 2.90. The average molecular weight is 477 g/mol. The summed E-state index contributed by atoms with van der Waals surface area (Å²) in [6, 6.07) is 20.4. The molecule has 0 fully saturated rings. The predicted octanol–water partition coefficient (Wildman–Crippen LogP) is 5.35. The Labute approximate surface area is 207 Å². The SMILES string of the molecule is C#CCOc1ccc2c(c1)c(-c1ccc(C(C)C)cc1)nc(=O)n2Cc1coc2ccccc2c1=O. The van der Waals surface area contributed by atoms with Crippen molar-refractivity contribution in [1.82, 2.24) is 9.55 Å². The molecule has 2 heterocycles. The quantitative estimate of drug-likeness (QED) is 0.309. The van der Waals surface area contributed by atoms with E-state index in [2.05, 4.69) is 24.8 Å². The molecular formula is C30H24N2O4. The van der Waals surface area contributed by atoms with Crippen LogP contribution in [-0.4, -0.2) is 16.2 Å². The van der Waals surface area contributed by atoms with Crippen molar-refractivity contribution >= 4 is 21.9 Å². The van der Waals surface area contributed by atoms with Crippen LogP contribution in [0, 0.1) is 12.3 Å². The van der Waals surface area contributed by atoms with Gasteiger partial charge in [-0.05, 0) is 41.8 Å². The maximum atomic E-state index is 13.3. The number of ether oxygens (including phenoxy) is 1. The van der Waals surface area contributed by atoms with Crippen molar-refractivity contribution in [2.45, 2.75) is 26.3 Å². The molecule has 0 aliphatic heterocycles. The molecule has 5 rings (SSSR count). The lowest BCUT2D eigenvalue weighted by molar-refractivity contribution is 0.371. The number of benzene rings is 3. The minimum Gasteiger partial charge on any atom is -0.481 e. The molecule has 0 radical (unpaired) electrons. The van der Waals surface area contributed by atoms with Crippen LogP contribution in [0.15, 0.2) is 87.0 Å². The van der Waals surface area contributed by atoms with E-state index in [0.29, 0.717) is 44.8 Å². The molecule has 0 saturated heterocycles. The largest absolute Gasteiger partial charge is 0.481 e. The summed E-state index contributed by atoms with van der Waals surface area (Å²) in [5, 5.41) is 1.18. The maximum absolute atomic E-state index is 13.3. The number of terminal acetylenes is 1. The van der Waals surface area contributed by atoms with Crippen LogP contribution in [0.3, 0.4) is 0 Å². The first-order valence-electron chi connectivity index (χ1n) is 11.7. The zero-order valence-electron chi connectivity index (χ0n) is 20.0. The van der Waals surface area contributed by atoms with Gasteiger partial charge < -0.3 is 9.15 Å². The highest BCUT2D eigenvalue weighted by molar-refractivity contribution is 5.93. The van der Waals surface area contributed by atoms with Gasteiger partial charge in [-0.15, -0.1) is 6.42 Å². The van der Waals surface area contributed by atoms with E-state index in [9.17, 15) is 9.59 Å². The Hall–Kier alpha value is -4.63. The molecule has 3 aromatic carbocycles. The van der Waals surface area contributed by atoms with Gasteiger partial charge in [-0.3, -0.25) is 9.36 Å². The third-order valence-corrected chi connectivity index (χ3v) is 6.21. The second-order valence-electron chi connectivity index (χ2n) is 8.86. The predicted molar refractivity (Wildman–Crippen MR) is 141 cm³/mol. The summed E-state index contributed by atoms with van der Waals surface area (Å²) in [6.07, 6.45) is 6.77. The number of fused-ring (bicyclic) bond motifs is 2. The summed E-state index contributed by atoms with van der Waals surface area (Å²) >= 11 is 0. The lowest BCUT2D eigenvalue weighted by Gasteiger charge is -2.15. The molecule has 36 heavy (non-hydrogen) atoms. The summed E-state index contributed by atoms with van der Waals surface area (Å²) in [6.45, 7) is 4.40. The summed E-state index contributed by atoms with van der Waals surface area (Å²) in [5.41, 5.74) is 3.38. The first kappa shape index (κ1) is 23.1. The molecule has 0 atom stereocenters. The van der Waals surface area contributed by atoms with Gasteiger partial charge in [0.15, 0.2) is 5.43 Å². The number of hydrogen-bond acceptors (Lipinski definition) is 5. The number of aromatic nitrogens is 2. The van der Waals surface area contributed by atoms with E-state index < -0.39 is 5.69 Å². The first-order valence-corrected chi connectivity index (χ1v) is 11.7. The van der Waals surface area contributed by atoms with E-state index in [0.717, 1.165) is 5.56 Å². The molecule has 2 aromatic heterocycles. The van der Waals surface area contributed by atoms with Crippen LogP contribution < -0.4 is 15.9 Å². The molecule has 0 saturated carbocycles. The van der Waals surface area contributed by atoms with Crippen LogP contribution in [0.1, 0.15) is 30.9 Å². The summed E-state index contributed by atoms with van der Waals surface area (Å²) in [4.78, 5) is 30.8. The zero-order valence-corrected chi connectivity index (χ0v) is 20.0. The smallest absolute Gasteiger partial charge is 0.348 e. The minimum absolute atomic E-state index is 0.0205. The molecule has 0 aliphatic carbocycles. The Balaban J connectivity index is 1.68. The Morgan fingerprint density at radius 3 is 2.56 bits per heavy atom. The van der Waals surface area contributed by atoms with Crippen LogP contribution >= 0.6 is 0 Å². The number of rotatable bonds is 6. The van der Waals surface area contributed by atoms with Gasteiger partial charge in [0.25, 0.3) is 0 Å². The Bertz CT molecular complexity index is 1740. The van der Waals surface area contributed by atoms with Crippen LogP contribution in [0.5, 0.6) is 5.75 Å². The molecule has 0 spiro atoms. The normalized spacial score (nSPS) is 11.2. The van der Waals surface area contributed by atoms with Crippen molar-refractivity contribution in [2.75, 3.05) is 6.61 Å². The van der Waals surface area contributed by atoms with Gasteiger partial charge in [0.05, 0.1) is 35.0 Å². The van der Waals surface area contributed by atoms with Crippen molar-refractivity contribution in [3.05, 3.63) is 105 Å². The fourth-order valence-electron chi connectivity index (χ4n) is 4.27. The third kappa shape index (κ3) is 4.27. The van der Waals surface area contributed by atoms with Crippen molar-refractivity contribution < 1.29 is 9.15 Å². The molecule has 0 bridgehead atoms. The lowest BCUT2D eigenvalue weighted by Crippen LogP contribution is -2.26. The molecule has 6 heteroatoms.